The number of aromatic nitrogens is 3. The smallest absolute Gasteiger partial charge is 0.278 e. The molecular formula is C26H28ClFN4O3. The number of benzene rings is 2. The van der Waals surface area contributed by atoms with Gasteiger partial charge < -0.3 is 18.8 Å². The molecule has 0 saturated carbocycles. The Hall–Kier alpha value is -2.68. The second-order valence-corrected chi connectivity index (χ2v) is 10.1. The van der Waals surface area contributed by atoms with Crippen LogP contribution in [-0.2, 0) is 23.6 Å². The van der Waals surface area contributed by atoms with Crippen LogP contribution in [0.5, 0.6) is 11.5 Å². The van der Waals surface area contributed by atoms with Gasteiger partial charge in [0.1, 0.15) is 18.0 Å². The van der Waals surface area contributed by atoms with Crippen LogP contribution in [-0.4, -0.2) is 45.5 Å². The Morgan fingerprint density at radius 2 is 1.97 bits per heavy atom. The van der Waals surface area contributed by atoms with Crippen LogP contribution in [0.25, 0.3) is 0 Å². The summed E-state index contributed by atoms with van der Waals surface area (Å²) in [5.41, 5.74) is 1.45. The van der Waals surface area contributed by atoms with Crippen molar-refractivity contribution < 1.29 is 18.6 Å². The molecule has 0 bridgehead atoms. The van der Waals surface area contributed by atoms with E-state index >= 15 is 0 Å². The van der Waals surface area contributed by atoms with E-state index in [-0.39, 0.29) is 6.10 Å². The molecule has 0 amide bonds. The highest BCUT2D eigenvalue weighted by Gasteiger charge is 2.43. The van der Waals surface area contributed by atoms with Gasteiger partial charge in [-0.15, -0.1) is 10.2 Å². The van der Waals surface area contributed by atoms with E-state index in [1.165, 1.54) is 6.07 Å². The minimum Gasteiger partial charge on any atom is -0.444 e. The van der Waals surface area contributed by atoms with Crippen LogP contribution < -0.4 is 9.47 Å². The molecule has 9 heteroatoms. The lowest BCUT2D eigenvalue weighted by Crippen LogP contribution is -2.35. The maximum absolute atomic E-state index is 14.7. The van der Waals surface area contributed by atoms with Gasteiger partial charge in [0.15, 0.2) is 11.5 Å². The number of piperidine rings is 1. The topological polar surface area (TPSA) is 61.6 Å². The van der Waals surface area contributed by atoms with E-state index in [4.69, 9.17) is 25.8 Å². The molecule has 3 aliphatic heterocycles. The zero-order valence-corrected chi connectivity index (χ0v) is 20.4. The summed E-state index contributed by atoms with van der Waals surface area (Å²) < 4.78 is 34.8. The number of hydrogen-bond acceptors (Lipinski definition) is 6. The quantitative estimate of drug-likeness (QED) is 0.482. The fourth-order valence-corrected chi connectivity index (χ4v) is 5.40. The average molecular weight is 499 g/mol. The van der Waals surface area contributed by atoms with Crippen molar-refractivity contribution in [2.45, 2.75) is 57.1 Å². The average Bonchev–Trinajstić information content (AvgIpc) is 3.40. The highest BCUT2D eigenvalue weighted by atomic mass is 35.5. The first-order valence-corrected chi connectivity index (χ1v) is 12.5. The summed E-state index contributed by atoms with van der Waals surface area (Å²) in [5, 5.41) is 8.80. The van der Waals surface area contributed by atoms with Crippen molar-refractivity contribution in [1.29, 1.82) is 0 Å². The standard InChI is InChI=1S/C26H28ClFN4O3/c1-26(21-6-5-18(27)13-22(21)28)34-23-4-2-3-20(25(23)35-26)17-7-10-31(11-8-17)15-24-30-29-16-32(24)14-19-9-12-33-19/h2-6,13,16-17,19H,7-12,14-15H2,1H3. The minimum atomic E-state index is -1.23. The van der Waals surface area contributed by atoms with Gasteiger partial charge in [0.25, 0.3) is 5.79 Å². The van der Waals surface area contributed by atoms with Crippen LogP contribution in [0.15, 0.2) is 42.7 Å². The normalized spacial score (nSPS) is 24.5. The molecule has 4 heterocycles. The lowest BCUT2D eigenvalue weighted by atomic mass is 9.88. The van der Waals surface area contributed by atoms with Crippen molar-refractivity contribution in [3.63, 3.8) is 0 Å². The Labute approximate surface area is 208 Å². The van der Waals surface area contributed by atoms with Crippen LogP contribution in [0, 0.1) is 5.82 Å². The summed E-state index contributed by atoms with van der Waals surface area (Å²) in [6.45, 7) is 6.09. The summed E-state index contributed by atoms with van der Waals surface area (Å²) in [5.74, 6) is 0.998. The van der Waals surface area contributed by atoms with Gasteiger partial charge in [0.2, 0.25) is 0 Å². The zero-order chi connectivity index (χ0) is 24.0. The van der Waals surface area contributed by atoms with Gasteiger partial charge in [-0.3, -0.25) is 4.90 Å². The molecule has 3 aliphatic rings. The van der Waals surface area contributed by atoms with Gasteiger partial charge in [-0.1, -0.05) is 23.7 Å². The molecule has 2 aromatic carbocycles. The molecule has 1 aromatic heterocycles. The number of para-hydroxylation sites is 1. The Morgan fingerprint density at radius 1 is 1.14 bits per heavy atom. The summed E-state index contributed by atoms with van der Waals surface area (Å²) >= 11 is 5.94. The van der Waals surface area contributed by atoms with E-state index in [2.05, 4.69) is 25.7 Å². The number of likely N-dealkylation sites (tertiary alicyclic amines) is 1. The van der Waals surface area contributed by atoms with Crippen LogP contribution in [0.4, 0.5) is 4.39 Å². The fraction of sp³-hybridized carbons (Fsp3) is 0.462. The molecule has 3 aromatic rings. The summed E-state index contributed by atoms with van der Waals surface area (Å²) in [6.07, 6.45) is 5.16. The van der Waals surface area contributed by atoms with E-state index < -0.39 is 11.6 Å². The van der Waals surface area contributed by atoms with E-state index in [0.29, 0.717) is 28.0 Å². The first-order valence-electron chi connectivity index (χ1n) is 12.2. The third-order valence-corrected chi connectivity index (χ3v) is 7.55. The first kappa shape index (κ1) is 22.8. The van der Waals surface area contributed by atoms with Crippen molar-refractivity contribution in [3.05, 3.63) is 70.5 Å². The fourth-order valence-electron chi connectivity index (χ4n) is 5.24. The largest absolute Gasteiger partial charge is 0.444 e. The summed E-state index contributed by atoms with van der Waals surface area (Å²) in [6, 6.07) is 10.5. The molecule has 0 aliphatic carbocycles. The predicted molar refractivity (Wildman–Crippen MR) is 128 cm³/mol. The minimum absolute atomic E-state index is 0.282. The number of nitrogens with zero attached hydrogens (tertiary/aromatic N) is 4. The van der Waals surface area contributed by atoms with Gasteiger partial charge >= 0.3 is 0 Å². The van der Waals surface area contributed by atoms with Crippen LogP contribution in [0.3, 0.4) is 0 Å². The van der Waals surface area contributed by atoms with E-state index in [1.807, 2.05) is 12.1 Å². The second kappa shape index (κ2) is 9.08. The third kappa shape index (κ3) is 4.39. The van der Waals surface area contributed by atoms with Gasteiger partial charge in [-0.2, -0.15) is 0 Å². The number of halogens is 2. The Bertz CT molecular complexity index is 1230. The Balaban J connectivity index is 1.13. The summed E-state index contributed by atoms with van der Waals surface area (Å²) in [7, 11) is 0. The molecule has 2 unspecified atom stereocenters. The van der Waals surface area contributed by atoms with Gasteiger partial charge in [-0.05, 0) is 62.5 Å². The van der Waals surface area contributed by atoms with Crippen molar-refractivity contribution in [1.82, 2.24) is 19.7 Å². The maximum Gasteiger partial charge on any atom is 0.278 e. The SMILES string of the molecule is CC1(c2ccc(Cl)cc2F)Oc2cccc(C3CCN(Cc4nncn4CC4CCO4)CC3)c2O1. The molecule has 2 saturated heterocycles. The molecule has 2 fully saturated rings. The molecule has 0 radical (unpaired) electrons. The zero-order valence-electron chi connectivity index (χ0n) is 19.6. The number of hydrogen-bond donors (Lipinski definition) is 0. The lowest BCUT2D eigenvalue weighted by molar-refractivity contribution is -0.0712. The molecule has 0 N–H and O–H groups in total. The van der Waals surface area contributed by atoms with Crippen LogP contribution >= 0.6 is 11.6 Å². The molecule has 0 spiro atoms. The molecular weight excluding hydrogens is 471 g/mol. The molecule has 2 atom stereocenters. The molecule has 35 heavy (non-hydrogen) atoms. The Morgan fingerprint density at radius 3 is 2.71 bits per heavy atom. The molecule has 184 valence electrons. The number of ether oxygens (including phenoxy) is 3. The van der Waals surface area contributed by atoms with Gasteiger partial charge in [0.05, 0.1) is 24.8 Å². The first-order chi connectivity index (χ1) is 17.0. The highest BCUT2D eigenvalue weighted by Crippen LogP contribution is 2.49. The van der Waals surface area contributed by atoms with Crippen molar-refractivity contribution in [2.24, 2.45) is 0 Å². The maximum atomic E-state index is 14.7. The monoisotopic (exact) mass is 498 g/mol. The van der Waals surface area contributed by atoms with Gasteiger partial charge in [0, 0.05) is 24.1 Å². The van der Waals surface area contributed by atoms with Gasteiger partial charge in [-0.25, -0.2) is 4.39 Å². The van der Waals surface area contributed by atoms with Crippen molar-refractivity contribution >= 4 is 11.6 Å². The second-order valence-electron chi connectivity index (χ2n) is 9.68. The van der Waals surface area contributed by atoms with Crippen molar-refractivity contribution in [3.8, 4) is 11.5 Å². The third-order valence-electron chi connectivity index (χ3n) is 7.31. The lowest BCUT2D eigenvalue weighted by Gasteiger charge is -2.33. The Kier molecular flexibility index (Phi) is 5.90. The van der Waals surface area contributed by atoms with Crippen LogP contribution in [0.2, 0.25) is 5.02 Å². The summed E-state index contributed by atoms with van der Waals surface area (Å²) in [4.78, 5) is 2.42. The predicted octanol–water partition coefficient (Wildman–Crippen LogP) is 4.88. The number of rotatable bonds is 6. The van der Waals surface area contributed by atoms with Crippen LogP contribution in [0.1, 0.15) is 49.1 Å². The van der Waals surface area contributed by atoms with Crippen molar-refractivity contribution in [2.75, 3.05) is 19.7 Å². The number of fused-ring (bicyclic) bond motifs is 1. The molecule has 7 nitrogen and oxygen atoms in total. The van der Waals surface area contributed by atoms with E-state index in [1.54, 1.807) is 25.4 Å². The van der Waals surface area contributed by atoms with E-state index in [9.17, 15) is 4.39 Å². The molecule has 6 rings (SSSR count). The highest BCUT2D eigenvalue weighted by molar-refractivity contribution is 6.30. The van der Waals surface area contributed by atoms with E-state index in [0.717, 1.165) is 63.4 Å².